The zero-order chi connectivity index (χ0) is 10.3. The van der Waals surface area contributed by atoms with E-state index in [1.54, 1.807) is 38.3 Å². The van der Waals surface area contributed by atoms with Crippen LogP contribution in [-0.2, 0) is 0 Å². The Morgan fingerprint density at radius 2 is 1.50 bits per heavy atom. The van der Waals surface area contributed by atoms with E-state index in [4.69, 9.17) is 0 Å². The molecule has 0 N–H and O–H groups in total. The topological polar surface area (TPSA) is 0 Å². The molecule has 4 rings (SSSR count). The van der Waals surface area contributed by atoms with Crippen LogP contribution in [0, 0.1) is 23.7 Å². The molecule has 94 valence electrons. The van der Waals surface area contributed by atoms with Gasteiger partial charge in [-0.3, -0.25) is 0 Å². The fourth-order valence-corrected chi connectivity index (χ4v) is 6.81. The van der Waals surface area contributed by atoms with Crippen molar-refractivity contribution in [1.82, 2.24) is 0 Å². The minimum atomic E-state index is 0. The monoisotopic (exact) mass is 260 g/mol. The average molecular weight is 261 g/mol. The van der Waals surface area contributed by atoms with E-state index < -0.39 is 0 Å². The molecule has 0 saturated heterocycles. The van der Waals surface area contributed by atoms with Gasteiger partial charge in [-0.05, 0) is 74.0 Å². The summed E-state index contributed by atoms with van der Waals surface area (Å²) in [5.41, 5.74) is 1.18. The lowest BCUT2D eigenvalue weighted by Crippen LogP contribution is -2.46. The lowest BCUT2D eigenvalue weighted by molar-refractivity contribution is 0.0256. The van der Waals surface area contributed by atoms with Crippen molar-refractivity contribution in [1.29, 1.82) is 0 Å². The summed E-state index contributed by atoms with van der Waals surface area (Å²) in [6.07, 6.45) is 12.5. The third-order valence-electron chi connectivity index (χ3n) is 5.14. The molecule has 1 unspecified atom stereocenters. The number of rotatable bonds is 4. The van der Waals surface area contributed by atoms with Crippen LogP contribution in [0.4, 0.5) is 0 Å². The van der Waals surface area contributed by atoms with Crippen LogP contribution in [0.1, 0.15) is 51.9 Å². The van der Waals surface area contributed by atoms with Crippen molar-refractivity contribution in [2.45, 2.75) is 57.5 Å². The van der Waals surface area contributed by atoms with Crippen molar-refractivity contribution in [3.05, 3.63) is 0 Å². The lowest BCUT2D eigenvalue weighted by Gasteiger charge is -2.54. The van der Waals surface area contributed by atoms with Crippen molar-refractivity contribution in [3.63, 3.8) is 0 Å². The minimum Gasteiger partial charge on any atom is -0.147 e. The highest BCUT2D eigenvalue weighted by molar-refractivity contribution is 7.38. The molecule has 4 fully saturated rings. The standard InChI is InChI=1S/C14H25P.ClH/c1-2-3-4-15-14-12-6-10-5-11(8-12)9-13(14)7-10;/h10-15H,2-9H2,1H3;1H. The van der Waals surface area contributed by atoms with Gasteiger partial charge in [0.25, 0.3) is 0 Å². The molecule has 0 amide bonds. The van der Waals surface area contributed by atoms with Crippen molar-refractivity contribution in [3.8, 4) is 0 Å². The largest absolute Gasteiger partial charge is 0.147 e. The summed E-state index contributed by atoms with van der Waals surface area (Å²) in [4.78, 5) is 0. The van der Waals surface area contributed by atoms with E-state index in [0.717, 1.165) is 0 Å². The third-order valence-corrected chi connectivity index (χ3v) is 7.19. The maximum Gasteiger partial charge on any atom is -0.0180 e. The highest BCUT2D eigenvalue weighted by Crippen LogP contribution is 2.58. The first-order valence-electron chi connectivity index (χ1n) is 7.10. The van der Waals surface area contributed by atoms with Crippen molar-refractivity contribution < 1.29 is 0 Å². The molecule has 4 aliphatic rings. The fraction of sp³-hybridized carbons (Fsp3) is 1.00. The molecule has 0 heterocycles. The predicted octanol–water partition coefficient (Wildman–Crippen LogP) is 4.71. The molecule has 2 heteroatoms. The molecule has 16 heavy (non-hydrogen) atoms. The van der Waals surface area contributed by atoms with Gasteiger partial charge in [0.2, 0.25) is 0 Å². The van der Waals surface area contributed by atoms with E-state index >= 15 is 0 Å². The Labute approximate surface area is 109 Å². The fourth-order valence-electron chi connectivity index (χ4n) is 4.70. The second kappa shape index (κ2) is 5.57. The Morgan fingerprint density at radius 3 is 2.00 bits per heavy atom. The number of unbranched alkanes of at least 4 members (excludes halogenated alkanes) is 1. The first kappa shape index (κ1) is 13.2. The quantitative estimate of drug-likeness (QED) is 0.507. The second-order valence-corrected chi connectivity index (χ2v) is 7.84. The summed E-state index contributed by atoms with van der Waals surface area (Å²) in [5.74, 6) is 4.69. The van der Waals surface area contributed by atoms with Crippen LogP contribution in [0.15, 0.2) is 0 Å². The lowest BCUT2D eigenvalue weighted by atomic mass is 9.56. The Bertz CT molecular complexity index is 201. The van der Waals surface area contributed by atoms with Gasteiger partial charge in [0.15, 0.2) is 0 Å². The van der Waals surface area contributed by atoms with Crippen LogP contribution in [0.25, 0.3) is 0 Å². The van der Waals surface area contributed by atoms with Crippen LogP contribution in [-0.4, -0.2) is 11.8 Å². The number of hydrogen-bond donors (Lipinski definition) is 0. The van der Waals surface area contributed by atoms with E-state index in [-0.39, 0.29) is 12.4 Å². The number of halogens is 1. The molecule has 0 aliphatic heterocycles. The zero-order valence-electron chi connectivity index (χ0n) is 10.5. The van der Waals surface area contributed by atoms with Gasteiger partial charge in [-0.1, -0.05) is 13.3 Å². The third kappa shape index (κ3) is 2.44. The molecular weight excluding hydrogens is 235 g/mol. The maximum absolute atomic E-state index is 2.33. The van der Waals surface area contributed by atoms with Crippen LogP contribution in [0.2, 0.25) is 0 Å². The Balaban J connectivity index is 0.000000963. The summed E-state index contributed by atoms with van der Waals surface area (Å²) in [6.45, 7) is 2.33. The Morgan fingerprint density at radius 1 is 0.938 bits per heavy atom. The van der Waals surface area contributed by atoms with Crippen LogP contribution in [0.3, 0.4) is 0 Å². The van der Waals surface area contributed by atoms with E-state index in [1.165, 1.54) is 50.8 Å². The molecule has 4 aliphatic carbocycles. The van der Waals surface area contributed by atoms with Crippen molar-refractivity contribution in [2.24, 2.45) is 23.7 Å². The minimum absolute atomic E-state index is 0. The number of hydrogen-bond acceptors (Lipinski definition) is 0. The molecule has 0 aromatic carbocycles. The van der Waals surface area contributed by atoms with E-state index in [0.29, 0.717) is 0 Å². The van der Waals surface area contributed by atoms with Gasteiger partial charge in [0.05, 0.1) is 0 Å². The maximum atomic E-state index is 2.33. The van der Waals surface area contributed by atoms with E-state index in [9.17, 15) is 0 Å². The van der Waals surface area contributed by atoms with Gasteiger partial charge in [-0.2, -0.15) is 0 Å². The van der Waals surface area contributed by atoms with Crippen LogP contribution >= 0.6 is 21.0 Å². The molecule has 4 saturated carbocycles. The van der Waals surface area contributed by atoms with Gasteiger partial charge in [0, 0.05) is 0 Å². The molecule has 0 spiro atoms. The first-order valence-corrected chi connectivity index (χ1v) is 8.38. The summed E-state index contributed by atoms with van der Waals surface area (Å²) in [7, 11) is 1.32. The van der Waals surface area contributed by atoms with Gasteiger partial charge in [-0.15, -0.1) is 21.0 Å². The highest BCUT2D eigenvalue weighted by atomic mass is 35.5. The Kier molecular flexibility index (Phi) is 4.58. The van der Waals surface area contributed by atoms with Gasteiger partial charge < -0.3 is 0 Å². The molecule has 1 atom stereocenters. The summed E-state index contributed by atoms with van der Waals surface area (Å²) in [6, 6.07) is 0. The molecule has 4 bridgehead atoms. The molecular formula is C14H26ClP. The Hall–Kier alpha value is 0.720. The van der Waals surface area contributed by atoms with E-state index in [1.807, 2.05) is 0 Å². The van der Waals surface area contributed by atoms with Crippen LogP contribution in [0.5, 0.6) is 0 Å². The second-order valence-electron chi connectivity index (χ2n) is 6.26. The van der Waals surface area contributed by atoms with Crippen LogP contribution < -0.4 is 0 Å². The SMILES string of the molecule is CCCCPC1C2CC3CC(C2)CC1C3.Cl. The molecule has 0 aromatic heterocycles. The average Bonchev–Trinajstić information content (AvgIpc) is 2.21. The smallest absolute Gasteiger partial charge is 0.0180 e. The molecule has 0 aromatic rings. The van der Waals surface area contributed by atoms with Gasteiger partial charge in [-0.25, -0.2) is 0 Å². The molecule has 0 radical (unpaired) electrons. The summed E-state index contributed by atoms with van der Waals surface area (Å²) < 4.78 is 0. The summed E-state index contributed by atoms with van der Waals surface area (Å²) >= 11 is 0. The molecule has 0 nitrogen and oxygen atoms in total. The highest BCUT2D eigenvalue weighted by Gasteiger charge is 2.47. The van der Waals surface area contributed by atoms with E-state index in [2.05, 4.69) is 6.92 Å². The zero-order valence-corrected chi connectivity index (χ0v) is 12.3. The van der Waals surface area contributed by atoms with Crippen molar-refractivity contribution >= 4 is 21.0 Å². The summed E-state index contributed by atoms with van der Waals surface area (Å²) in [5, 5.41) is 0. The van der Waals surface area contributed by atoms with Gasteiger partial charge >= 0.3 is 0 Å². The van der Waals surface area contributed by atoms with Crippen molar-refractivity contribution in [2.75, 3.05) is 6.16 Å². The first-order chi connectivity index (χ1) is 7.36. The van der Waals surface area contributed by atoms with Gasteiger partial charge in [0.1, 0.15) is 0 Å². The predicted molar refractivity (Wildman–Crippen MR) is 76.2 cm³/mol. The normalized spacial score (nSPS) is 45.2.